The monoisotopic (exact) mass is 286 g/mol. The second-order valence-corrected chi connectivity index (χ2v) is 4.51. The molecule has 0 atom stereocenters. The van der Waals surface area contributed by atoms with Gasteiger partial charge in [-0.25, -0.2) is 4.79 Å². The van der Waals surface area contributed by atoms with Gasteiger partial charge in [-0.2, -0.15) is 0 Å². The van der Waals surface area contributed by atoms with Crippen molar-refractivity contribution >= 4 is 23.3 Å². The Balaban J connectivity index is 2.12. The highest BCUT2D eigenvalue weighted by Gasteiger charge is 2.11. The van der Waals surface area contributed by atoms with Crippen LogP contribution in [0.25, 0.3) is 0 Å². The molecule has 0 unspecified atom stereocenters. The van der Waals surface area contributed by atoms with E-state index in [0.717, 1.165) is 5.56 Å². The van der Waals surface area contributed by atoms with Gasteiger partial charge in [0.2, 0.25) is 5.91 Å². The maximum absolute atomic E-state index is 11.9. The fraction of sp³-hybridized carbons (Fsp3) is 0.0667. The third-order valence-corrected chi connectivity index (χ3v) is 2.83. The third kappa shape index (κ3) is 3.73. The van der Waals surface area contributed by atoms with E-state index in [1.165, 1.54) is 18.2 Å². The van der Waals surface area contributed by atoms with Crippen LogP contribution in [0.4, 0.5) is 11.4 Å². The Kier molecular flexibility index (Phi) is 4.08. The molecule has 1 amide bonds. The molecule has 0 aliphatic carbocycles. The minimum atomic E-state index is -1.14. The largest absolute Gasteiger partial charge is 0.506 e. The molecule has 0 radical (unpaired) electrons. The van der Waals surface area contributed by atoms with Gasteiger partial charge < -0.3 is 21.3 Å². The summed E-state index contributed by atoms with van der Waals surface area (Å²) in [4.78, 5) is 22.8. The number of hydrogen-bond acceptors (Lipinski definition) is 4. The van der Waals surface area contributed by atoms with Gasteiger partial charge in [-0.05, 0) is 35.9 Å². The van der Waals surface area contributed by atoms with Crippen LogP contribution in [0.2, 0.25) is 0 Å². The van der Waals surface area contributed by atoms with E-state index in [2.05, 4.69) is 5.32 Å². The lowest BCUT2D eigenvalue weighted by atomic mass is 10.1. The van der Waals surface area contributed by atoms with E-state index >= 15 is 0 Å². The number of anilines is 2. The van der Waals surface area contributed by atoms with E-state index in [4.69, 9.17) is 10.8 Å². The van der Waals surface area contributed by atoms with E-state index < -0.39 is 5.97 Å². The number of rotatable bonds is 4. The zero-order valence-corrected chi connectivity index (χ0v) is 11.0. The van der Waals surface area contributed by atoms with Crippen molar-refractivity contribution < 1.29 is 19.8 Å². The SMILES string of the molecule is Nc1cccc(CC(=O)Nc2cc(C(=O)O)ccc2O)c1. The summed E-state index contributed by atoms with van der Waals surface area (Å²) in [5.41, 5.74) is 6.94. The summed E-state index contributed by atoms with van der Waals surface area (Å²) in [6.45, 7) is 0. The number of carbonyl (C=O) groups is 2. The predicted octanol–water partition coefficient (Wildman–Crippen LogP) is 1.85. The summed E-state index contributed by atoms with van der Waals surface area (Å²) >= 11 is 0. The molecule has 0 aliphatic rings. The summed E-state index contributed by atoms with van der Waals surface area (Å²) in [6.07, 6.45) is 0.0712. The molecule has 108 valence electrons. The van der Waals surface area contributed by atoms with Gasteiger partial charge in [-0.1, -0.05) is 12.1 Å². The molecule has 0 spiro atoms. The summed E-state index contributed by atoms with van der Waals surface area (Å²) in [5, 5.41) is 21.0. The number of carboxylic acids is 1. The van der Waals surface area contributed by atoms with Crippen LogP contribution < -0.4 is 11.1 Å². The van der Waals surface area contributed by atoms with E-state index in [-0.39, 0.29) is 29.3 Å². The van der Waals surface area contributed by atoms with Crippen molar-refractivity contribution in [2.45, 2.75) is 6.42 Å². The van der Waals surface area contributed by atoms with E-state index in [9.17, 15) is 14.7 Å². The lowest BCUT2D eigenvalue weighted by Crippen LogP contribution is -2.15. The molecular formula is C15H14N2O4. The Hall–Kier alpha value is -3.02. The summed E-state index contributed by atoms with van der Waals surface area (Å²) in [6, 6.07) is 10.6. The average molecular weight is 286 g/mol. The van der Waals surface area contributed by atoms with Gasteiger partial charge in [0, 0.05) is 5.69 Å². The molecule has 5 N–H and O–H groups in total. The van der Waals surface area contributed by atoms with Gasteiger partial charge in [0.25, 0.3) is 0 Å². The zero-order chi connectivity index (χ0) is 15.4. The summed E-state index contributed by atoms with van der Waals surface area (Å²) in [7, 11) is 0. The number of nitrogen functional groups attached to an aromatic ring is 1. The van der Waals surface area contributed by atoms with Crippen LogP contribution in [-0.4, -0.2) is 22.1 Å². The Morgan fingerprint density at radius 3 is 2.57 bits per heavy atom. The molecule has 0 saturated heterocycles. The van der Waals surface area contributed by atoms with Crippen LogP contribution in [-0.2, 0) is 11.2 Å². The van der Waals surface area contributed by atoms with Gasteiger partial charge in [-0.15, -0.1) is 0 Å². The predicted molar refractivity (Wildman–Crippen MR) is 78.3 cm³/mol. The fourth-order valence-corrected chi connectivity index (χ4v) is 1.85. The first-order valence-electron chi connectivity index (χ1n) is 6.16. The standard InChI is InChI=1S/C15H14N2O4/c16-11-3-1-2-9(6-11)7-14(19)17-12-8-10(15(20)21)4-5-13(12)18/h1-6,8,18H,7,16H2,(H,17,19)(H,20,21). The number of aromatic carboxylic acids is 1. The number of phenolic OH excluding ortho intramolecular Hbond substituents is 1. The Labute approximate surface area is 120 Å². The summed E-state index contributed by atoms with van der Waals surface area (Å²) in [5.74, 6) is -1.71. The molecule has 0 fully saturated rings. The molecule has 6 nitrogen and oxygen atoms in total. The minimum absolute atomic E-state index is 0.0212. The van der Waals surface area contributed by atoms with Crippen molar-refractivity contribution in [3.8, 4) is 5.75 Å². The van der Waals surface area contributed by atoms with Crippen molar-refractivity contribution in [2.24, 2.45) is 0 Å². The van der Waals surface area contributed by atoms with Crippen LogP contribution in [0.1, 0.15) is 15.9 Å². The second-order valence-electron chi connectivity index (χ2n) is 4.51. The molecule has 0 bridgehead atoms. The molecule has 0 aliphatic heterocycles. The molecule has 21 heavy (non-hydrogen) atoms. The maximum Gasteiger partial charge on any atom is 0.335 e. The van der Waals surface area contributed by atoms with Gasteiger partial charge in [0.1, 0.15) is 5.75 Å². The number of phenols is 1. The number of nitrogens with two attached hydrogens (primary N) is 1. The van der Waals surface area contributed by atoms with Crippen LogP contribution >= 0.6 is 0 Å². The number of hydrogen-bond donors (Lipinski definition) is 4. The number of carboxylic acid groups (broad SMARTS) is 1. The van der Waals surface area contributed by atoms with E-state index in [0.29, 0.717) is 5.69 Å². The Morgan fingerprint density at radius 2 is 1.90 bits per heavy atom. The molecule has 0 heterocycles. The van der Waals surface area contributed by atoms with E-state index in [1.54, 1.807) is 24.3 Å². The van der Waals surface area contributed by atoms with E-state index in [1.807, 2.05) is 0 Å². The zero-order valence-electron chi connectivity index (χ0n) is 11.0. The van der Waals surface area contributed by atoms with Crippen LogP contribution in [0.5, 0.6) is 5.75 Å². The van der Waals surface area contributed by atoms with Crippen LogP contribution in [0.3, 0.4) is 0 Å². The molecular weight excluding hydrogens is 272 g/mol. The quantitative estimate of drug-likeness (QED) is 0.506. The first-order valence-corrected chi connectivity index (χ1v) is 6.16. The molecule has 0 saturated carbocycles. The minimum Gasteiger partial charge on any atom is -0.506 e. The van der Waals surface area contributed by atoms with Crippen LogP contribution in [0.15, 0.2) is 42.5 Å². The molecule has 2 rings (SSSR count). The second kappa shape index (κ2) is 5.96. The maximum atomic E-state index is 11.9. The highest BCUT2D eigenvalue weighted by Crippen LogP contribution is 2.24. The Bertz CT molecular complexity index is 698. The van der Waals surface area contributed by atoms with Crippen molar-refractivity contribution in [1.82, 2.24) is 0 Å². The number of nitrogens with one attached hydrogen (secondary N) is 1. The fourth-order valence-electron chi connectivity index (χ4n) is 1.85. The summed E-state index contributed by atoms with van der Waals surface area (Å²) < 4.78 is 0. The number of benzene rings is 2. The molecule has 6 heteroatoms. The van der Waals surface area contributed by atoms with Crippen molar-refractivity contribution in [3.63, 3.8) is 0 Å². The lowest BCUT2D eigenvalue weighted by Gasteiger charge is -2.08. The normalized spacial score (nSPS) is 10.1. The average Bonchev–Trinajstić information content (AvgIpc) is 2.41. The number of amides is 1. The van der Waals surface area contributed by atoms with Crippen molar-refractivity contribution in [1.29, 1.82) is 0 Å². The third-order valence-electron chi connectivity index (χ3n) is 2.83. The van der Waals surface area contributed by atoms with Gasteiger partial charge in [0.15, 0.2) is 0 Å². The van der Waals surface area contributed by atoms with Gasteiger partial charge in [-0.3, -0.25) is 4.79 Å². The van der Waals surface area contributed by atoms with Crippen molar-refractivity contribution in [3.05, 3.63) is 53.6 Å². The lowest BCUT2D eigenvalue weighted by molar-refractivity contribution is -0.115. The first kappa shape index (κ1) is 14.4. The highest BCUT2D eigenvalue weighted by atomic mass is 16.4. The topological polar surface area (TPSA) is 113 Å². The molecule has 2 aromatic rings. The molecule has 0 aromatic heterocycles. The highest BCUT2D eigenvalue weighted by molar-refractivity contribution is 5.96. The van der Waals surface area contributed by atoms with Gasteiger partial charge >= 0.3 is 5.97 Å². The molecule has 2 aromatic carbocycles. The number of aromatic hydroxyl groups is 1. The first-order chi connectivity index (χ1) is 9.95. The number of carbonyl (C=O) groups excluding carboxylic acids is 1. The van der Waals surface area contributed by atoms with Crippen molar-refractivity contribution in [2.75, 3.05) is 11.1 Å². The smallest absolute Gasteiger partial charge is 0.335 e. The van der Waals surface area contributed by atoms with Crippen LogP contribution in [0, 0.1) is 0 Å². The Morgan fingerprint density at radius 1 is 1.14 bits per heavy atom. The van der Waals surface area contributed by atoms with Gasteiger partial charge in [0.05, 0.1) is 17.7 Å².